The highest BCUT2D eigenvalue weighted by atomic mass is 31.2. The van der Waals surface area contributed by atoms with Gasteiger partial charge in [0.15, 0.2) is 0 Å². The fourth-order valence-corrected chi connectivity index (χ4v) is 7.76. The number of nitrogens with one attached hydrogen (secondary N) is 1. The van der Waals surface area contributed by atoms with E-state index >= 15 is 0 Å². The number of carbonyl (C=O) groups excluding carboxylic acids is 1. The van der Waals surface area contributed by atoms with E-state index in [-0.39, 0.29) is 12.5 Å². The Morgan fingerprint density at radius 3 is 1.40 bits per heavy atom. The second-order valence-corrected chi connectivity index (χ2v) is 19.2. The monoisotopic (exact) mass is 827 g/mol. The van der Waals surface area contributed by atoms with Gasteiger partial charge in [-0.3, -0.25) is 9.36 Å². The molecule has 0 aliphatic rings. The van der Waals surface area contributed by atoms with Gasteiger partial charge in [-0.1, -0.05) is 218 Å². The molecule has 57 heavy (non-hydrogen) atoms. The first-order chi connectivity index (χ1) is 27.5. The van der Waals surface area contributed by atoms with Crippen LogP contribution in [0.1, 0.15) is 226 Å². The molecule has 0 aromatic rings. The number of aliphatic hydroxyl groups is 1. The predicted molar refractivity (Wildman–Crippen MR) is 242 cm³/mol. The number of hydrogen-bond donors (Lipinski definition) is 2. The van der Waals surface area contributed by atoms with Gasteiger partial charge in [-0.15, -0.1) is 0 Å². The fraction of sp³-hybridized carbons (Fsp3) is 0.896. The third-order valence-electron chi connectivity index (χ3n) is 10.9. The van der Waals surface area contributed by atoms with Gasteiger partial charge in [-0.05, 0) is 25.7 Å². The Morgan fingerprint density at radius 2 is 0.982 bits per heavy atom. The van der Waals surface area contributed by atoms with Gasteiger partial charge in [0.05, 0.1) is 39.9 Å². The Hall–Kier alpha value is -1.02. The van der Waals surface area contributed by atoms with Gasteiger partial charge in [0.25, 0.3) is 7.82 Å². The van der Waals surface area contributed by atoms with Gasteiger partial charge < -0.3 is 28.8 Å². The van der Waals surface area contributed by atoms with Crippen molar-refractivity contribution in [1.82, 2.24) is 5.32 Å². The van der Waals surface area contributed by atoms with E-state index in [0.717, 1.165) is 38.5 Å². The number of carbonyl (C=O) groups is 1. The van der Waals surface area contributed by atoms with Gasteiger partial charge in [0.2, 0.25) is 5.91 Å². The van der Waals surface area contributed by atoms with Gasteiger partial charge in [-0.25, -0.2) is 0 Å². The molecule has 0 radical (unpaired) electrons. The van der Waals surface area contributed by atoms with Crippen LogP contribution < -0.4 is 10.2 Å². The summed E-state index contributed by atoms with van der Waals surface area (Å²) >= 11 is 0. The van der Waals surface area contributed by atoms with Crippen LogP contribution >= 0.6 is 7.82 Å². The molecular formula is C48H95N2O6P. The van der Waals surface area contributed by atoms with E-state index in [9.17, 15) is 19.4 Å². The van der Waals surface area contributed by atoms with Crippen molar-refractivity contribution in [2.45, 2.75) is 238 Å². The third kappa shape index (κ3) is 42.9. The van der Waals surface area contributed by atoms with Crippen molar-refractivity contribution in [1.29, 1.82) is 0 Å². The number of rotatable bonds is 44. The summed E-state index contributed by atoms with van der Waals surface area (Å²) in [7, 11) is 1.25. The highest BCUT2D eigenvalue weighted by molar-refractivity contribution is 7.45. The maximum atomic E-state index is 12.8. The van der Waals surface area contributed by atoms with Crippen LogP contribution in [0.4, 0.5) is 0 Å². The quantitative estimate of drug-likeness (QED) is 0.0274. The third-order valence-corrected chi connectivity index (χ3v) is 11.9. The molecule has 3 atom stereocenters. The van der Waals surface area contributed by atoms with Crippen LogP contribution in [0.25, 0.3) is 0 Å². The lowest BCUT2D eigenvalue weighted by molar-refractivity contribution is -0.870. The smallest absolute Gasteiger partial charge is 0.268 e. The normalized spacial score (nSPS) is 14.4. The van der Waals surface area contributed by atoms with Gasteiger partial charge >= 0.3 is 0 Å². The van der Waals surface area contributed by atoms with E-state index in [1.165, 1.54) is 167 Å². The zero-order valence-corrected chi connectivity index (χ0v) is 39.2. The number of quaternary nitrogens is 1. The predicted octanol–water partition coefficient (Wildman–Crippen LogP) is 13.1. The second-order valence-electron chi connectivity index (χ2n) is 17.8. The number of nitrogens with zero attached hydrogens (tertiary/aromatic N) is 1. The summed E-state index contributed by atoms with van der Waals surface area (Å²) < 4.78 is 23.1. The Kier molecular flexibility index (Phi) is 39.7. The summed E-state index contributed by atoms with van der Waals surface area (Å²) in [6.07, 6.45) is 48.5. The van der Waals surface area contributed by atoms with Gasteiger partial charge in [0.1, 0.15) is 13.2 Å². The molecule has 0 aromatic heterocycles. The van der Waals surface area contributed by atoms with Crippen LogP contribution in [0.5, 0.6) is 0 Å². The molecule has 0 rings (SSSR count). The molecule has 0 fully saturated rings. The first kappa shape index (κ1) is 56.0. The van der Waals surface area contributed by atoms with E-state index in [2.05, 4.69) is 31.3 Å². The Bertz CT molecular complexity index is 984. The van der Waals surface area contributed by atoms with Crippen LogP contribution in [0.2, 0.25) is 0 Å². The molecule has 338 valence electrons. The number of allylic oxidation sites excluding steroid dienone is 3. The first-order valence-corrected chi connectivity index (χ1v) is 25.7. The standard InChI is InChI=1S/C48H95N2O6P/c1-6-8-10-12-14-16-17-18-19-20-21-22-23-24-25-26-27-28-29-30-31-32-33-34-36-38-40-42-48(52)49-46(45-56-57(53,54)55-44-43-50(3,4)5)47(51)41-39-37-35-15-13-11-9-7-2/h13,15,39,41,46-47,51H,6-12,14,16-38,40,42-45H2,1-5H3,(H-,49,52,53,54)/b15-13+,41-39+. The molecule has 1 amide bonds. The van der Waals surface area contributed by atoms with Crippen LogP contribution in [-0.2, 0) is 18.4 Å². The van der Waals surface area contributed by atoms with E-state index in [0.29, 0.717) is 17.4 Å². The van der Waals surface area contributed by atoms with E-state index in [1.54, 1.807) is 6.08 Å². The van der Waals surface area contributed by atoms with E-state index in [4.69, 9.17) is 9.05 Å². The topological polar surface area (TPSA) is 108 Å². The maximum Gasteiger partial charge on any atom is 0.268 e. The average Bonchev–Trinajstić information content (AvgIpc) is 3.16. The number of phosphoric acid groups is 1. The largest absolute Gasteiger partial charge is 0.756 e. The molecule has 0 aromatic carbocycles. The minimum Gasteiger partial charge on any atom is -0.756 e. The first-order valence-electron chi connectivity index (χ1n) is 24.2. The zero-order valence-electron chi connectivity index (χ0n) is 38.3. The van der Waals surface area contributed by atoms with Gasteiger partial charge in [-0.2, -0.15) is 0 Å². The molecule has 0 bridgehead atoms. The van der Waals surface area contributed by atoms with Crippen molar-refractivity contribution in [2.24, 2.45) is 0 Å². The average molecular weight is 827 g/mol. The summed E-state index contributed by atoms with van der Waals surface area (Å²) in [4.78, 5) is 25.2. The van der Waals surface area contributed by atoms with Crippen LogP contribution in [0.3, 0.4) is 0 Å². The van der Waals surface area contributed by atoms with Crippen LogP contribution in [0.15, 0.2) is 24.3 Å². The number of likely N-dealkylation sites (N-methyl/N-ethyl adjacent to an activating group) is 1. The number of unbranched alkanes of at least 4 members (excludes halogenated alkanes) is 29. The van der Waals surface area contributed by atoms with Crippen molar-refractivity contribution >= 4 is 13.7 Å². The summed E-state index contributed by atoms with van der Waals surface area (Å²) in [6.45, 7) is 4.56. The number of amides is 1. The zero-order chi connectivity index (χ0) is 42.1. The Morgan fingerprint density at radius 1 is 0.596 bits per heavy atom. The highest BCUT2D eigenvalue weighted by Crippen LogP contribution is 2.38. The summed E-state index contributed by atoms with van der Waals surface area (Å²) in [6, 6.07) is -0.896. The minimum atomic E-state index is -4.58. The maximum absolute atomic E-state index is 12.8. The summed E-state index contributed by atoms with van der Waals surface area (Å²) in [5.41, 5.74) is 0. The molecule has 0 saturated heterocycles. The molecule has 0 aliphatic heterocycles. The molecule has 2 N–H and O–H groups in total. The van der Waals surface area contributed by atoms with Crippen molar-refractivity contribution in [3.05, 3.63) is 24.3 Å². The van der Waals surface area contributed by atoms with Crippen molar-refractivity contribution in [3.8, 4) is 0 Å². The molecule has 0 spiro atoms. The molecule has 3 unspecified atom stereocenters. The van der Waals surface area contributed by atoms with Crippen LogP contribution in [0, 0.1) is 0 Å². The van der Waals surface area contributed by atoms with Crippen molar-refractivity contribution in [3.63, 3.8) is 0 Å². The van der Waals surface area contributed by atoms with Crippen molar-refractivity contribution in [2.75, 3.05) is 40.9 Å². The lowest BCUT2D eigenvalue weighted by atomic mass is 10.0. The van der Waals surface area contributed by atoms with E-state index < -0.39 is 26.6 Å². The molecular weight excluding hydrogens is 732 g/mol. The molecule has 0 aliphatic carbocycles. The lowest BCUT2D eigenvalue weighted by Crippen LogP contribution is -2.45. The Balaban J connectivity index is 4.01. The van der Waals surface area contributed by atoms with Crippen molar-refractivity contribution < 1.29 is 32.9 Å². The molecule has 0 heterocycles. The molecule has 0 saturated carbocycles. The number of phosphoric ester groups is 1. The Labute approximate surface area is 354 Å². The second kappa shape index (κ2) is 40.4. The summed E-state index contributed by atoms with van der Waals surface area (Å²) in [5.74, 6) is -0.207. The fourth-order valence-electron chi connectivity index (χ4n) is 7.04. The number of hydrogen-bond acceptors (Lipinski definition) is 6. The molecule has 9 heteroatoms. The number of aliphatic hydroxyl groups excluding tert-OH is 1. The lowest BCUT2D eigenvalue weighted by Gasteiger charge is -2.29. The summed E-state index contributed by atoms with van der Waals surface area (Å²) in [5, 5.41) is 13.7. The van der Waals surface area contributed by atoms with Crippen LogP contribution in [-0.4, -0.2) is 68.5 Å². The van der Waals surface area contributed by atoms with E-state index in [1.807, 2.05) is 27.2 Å². The molecule has 8 nitrogen and oxygen atoms in total. The SMILES string of the molecule is CCCC/C=C/CC/C=C/C(O)C(COP(=O)([O-])OCC[N+](C)(C)C)NC(=O)CCCCCCCCCCCCCCCCCCCCCCCCCCCCC. The minimum absolute atomic E-state index is 0.00480. The van der Waals surface area contributed by atoms with Gasteiger partial charge in [0, 0.05) is 6.42 Å². The highest BCUT2D eigenvalue weighted by Gasteiger charge is 2.23.